The van der Waals surface area contributed by atoms with Crippen LogP contribution in [0.3, 0.4) is 0 Å². The van der Waals surface area contributed by atoms with E-state index in [2.05, 4.69) is 102 Å². The highest BCUT2D eigenvalue weighted by atomic mass is 32.1. The van der Waals surface area contributed by atoms with Crippen LogP contribution in [0.2, 0.25) is 0 Å². The lowest BCUT2D eigenvalue weighted by atomic mass is 9.77. The van der Waals surface area contributed by atoms with Gasteiger partial charge in [0.15, 0.2) is 0 Å². The molecule has 5 aromatic rings. The average Bonchev–Trinajstić information content (AvgIpc) is 3.38. The molecular formula is C28H19NS. The molecule has 30 heavy (non-hydrogen) atoms. The van der Waals surface area contributed by atoms with E-state index in [9.17, 15) is 0 Å². The lowest BCUT2D eigenvalue weighted by Gasteiger charge is -2.29. The highest BCUT2D eigenvalue weighted by Gasteiger charge is 2.42. The van der Waals surface area contributed by atoms with E-state index < -0.39 is 0 Å². The molecule has 0 spiro atoms. The molecule has 2 unspecified atom stereocenters. The second-order valence-electron chi connectivity index (χ2n) is 8.19. The van der Waals surface area contributed by atoms with Crippen LogP contribution < -0.4 is 5.32 Å². The van der Waals surface area contributed by atoms with Crippen molar-refractivity contribution in [2.45, 2.75) is 12.0 Å². The molecule has 2 heterocycles. The van der Waals surface area contributed by atoms with E-state index in [1.54, 1.807) is 0 Å². The molecule has 0 bridgehead atoms. The fourth-order valence-corrected chi connectivity index (χ4v) is 6.62. The Morgan fingerprint density at radius 1 is 0.667 bits per heavy atom. The molecule has 2 atom stereocenters. The van der Waals surface area contributed by atoms with Gasteiger partial charge in [0.2, 0.25) is 0 Å². The molecule has 1 N–H and O–H groups in total. The highest BCUT2D eigenvalue weighted by Crippen LogP contribution is 2.59. The molecule has 142 valence electrons. The third-order valence-electron chi connectivity index (χ3n) is 6.61. The molecule has 0 saturated carbocycles. The first-order valence-corrected chi connectivity index (χ1v) is 11.3. The van der Waals surface area contributed by atoms with Crippen LogP contribution >= 0.6 is 11.3 Å². The summed E-state index contributed by atoms with van der Waals surface area (Å²) in [6.07, 6.45) is 0. The molecule has 2 heteroatoms. The van der Waals surface area contributed by atoms with Gasteiger partial charge in [-0.3, -0.25) is 0 Å². The van der Waals surface area contributed by atoms with Crippen molar-refractivity contribution in [3.8, 4) is 22.3 Å². The van der Waals surface area contributed by atoms with Crippen molar-refractivity contribution >= 4 is 27.1 Å². The maximum Gasteiger partial charge on any atom is 0.0723 e. The Labute approximate surface area is 179 Å². The van der Waals surface area contributed by atoms with E-state index in [1.165, 1.54) is 54.0 Å². The van der Waals surface area contributed by atoms with Crippen molar-refractivity contribution in [2.75, 3.05) is 5.32 Å². The van der Waals surface area contributed by atoms with E-state index >= 15 is 0 Å². The van der Waals surface area contributed by atoms with E-state index in [0.29, 0.717) is 12.0 Å². The monoisotopic (exact) mass is 401 g/mol. The molecule has 1 nitrogen and oxygen atoms in total. The van der Waals surface area contributed by atoms with Gasteiger partial charge in [-0.25, -0.2) is 0 Å². The molecule has 1 aliphatic heterocycles. The number of anilines is 1. The minimum atomic E-state index is 0.299. The molecule has 0 fully saturated rings. The van der Waals surface area contributed by atoms with Crippen LogP contribution in [0.5, 0.6) is 0 Å². The first kappa shape index (κ1) is 16.4. The van der Waals surface area contributed by atoms with Gasteiger partial charge in [-0.05, 0) is 39.9 Å². The first-order valence-electron chi connectivity index (χ1n) is 10.4. The van der Waals surface area contributed by atoms with E-state index in [1.807, 2.05) is 11.3 Å². The zero-order chi connectivity index (χ0) is 19.7. The van der Waals surface area contributed by atoms with Crippen LogP contribution in [0.1, 0.15) is 28.0 Å². The summed E-state index contributed by atoms with van der Waals surface area (Å²) < 4.78 is 1.38. The van der Waals surface area contributed by atoms with E-state index in [4.69, 9.17) is 0 Å². The Kier molecular flexibility index (Phi) is 3.33. The van der Waals surface area contributed by atoms with Crippen LogP contribution in [-0.2, 0) is 0 Å². The minimum Gasteiger partial charge on any atom is -0.376 e. The summed E-state index contributed by atoms with van der Waals surface area (Å²) >= 11 is 1.95. The molecule has 0 saturated heterocycles. The number of hydrogen-bond donors (Lipinski definition) is 1. The Hall–Kier alpha value is -3.36. The van der Waals surface area contributed by atoms with E-state index in [-0.39, 0.29) is 0 Å². The summed E-state index contributed by atoms with van der Waals surface area (Å²) in [5.74, 6) is 0.363. The van der Waals surface area contributed by atoms with Crippen molar-refractivity contribution in [2.24, 2.45) is 0 Å². The molecular weight excluding hydrogens is 382 g/mol. The molecule has 1 aliphatic carbocycles. The van der Waals surface area contributed by atoms with Gasteiger partial charge in [0.25, 0.3) is 0 Å². The van der Waals surface area contributed by atoms with Crippen LogP contribution in [0.4, 0.5) is 5.69 Å². The van der Waals surface area contributed by atoms with Crippen LogP contribution in [0.15, 0.2) is 97.1 Å². The van der Waals surface area contributed by atoms with Gasteiger partial charge < -0.3 is 5.32 Å². The first-order chi connectivity index (χ1) is 14.9. The molecule has 0 radical (unpaired) electrons. The lowest BCUT2D eigenvalue weighted by molar-refractivity contribution is 0.717. The van der Waals surface area contributed by atoms with Gasteiger partial charge in [-0.1, -0.05) is 84.9 Å². The topological polar surface area (TPSA) is 12.0 Å². The fraction of sp³-hybridized carbons (Fsp3) is 0.0714. The van der Waals surface area contributed by atoms with Gasteiger partial charge >= 0.3 is 0 Å². The van der Waals surface area contributed by atoms with E-state index in [0.717, 1.165) is 0 Å². The average molecular weight is 402 g/mol. The lowest BCUT2D eigenvalue weighted by Crippen LogP contribution is -2.17. The number of benzene rings is 4. The fourth-order valence-electron chi connectivity index (χ4n) is 5.31. The van der Waals surface area contributed by atoms with Gasteiger partial charge in [0.1, 0.15) is 0 Å². The third-order valence-corrected chi connectivity index (χ3v) is 7.86. The summed E-state index contributed by atoms with van der Waals surface area (Å²) in [4.78, 5) is 1.47. The highest BCUT2D eigenvalue weighted by molar-refractivity contribution is 7.19. The standard InChI is InChI=1S/C28H19NS/c1-2-8-17(9-3-1)18-14-15-21-23(16-18)29-27-25(21)19-10-4-5-11-20(19)26-22-12-6-7-13-24(22)30-28(26)27/h1-16,25,27,29H. The van der Waals surface area contributed by atoms with Crippen molar-refractivity contribution in [1.29, 1.82) is 0 Å². The third kappa shape index (κ3) is 2.17. The van der Waals surface area contributed by atoms with Gasteiger partial charge in [-0.2, -0.15) is 0 Å². The van der Waals surface area contributed by atoms with Crippen molar-refractivity contribution in [3.63, 3.8) is 0 Å². The number of fused-ring (bicyclic) bond motifs is 10. The SMILES string of the molecule is c1ccc(-c2ccc3c(c2)NC2c4sc5ccccc5c4-c4ccccc4C32)cc1. The van der Waals surface area contributed by atoms with Crippen molar-refractivity contribution < 1.29 is 0 Å². The minimum absolute atomic E-state index is 0.299. The van der Waals surface area contributed by atoms with Gasteiger partial charge in [0, 0.05) is 32.1 Å². The Balaban J connectivity index is 1.46. The number of nitrogens with one attached hydrogen (secondary N) is 1. The second-order valence-corrected chi connectivity index (χ2v) is 9.28. The zero-order valence-corrected chi connectivity index (χ0v) is 17.1. The second kappa shape index (κ2) is 6.07. The van der Waals surface area contributed by atoms with Gasteiger partial charge in [0.05, 0.1) is 6.04 Å². The maximum atomic E-state index is 3.92. The molecule has 2 aliphatic rings. The summed E-state index contributed by atoms with van der Waals surface area (Å²) in [5.41, 5.74) is 9.48. The zero-order valence-electron chi connectivity index (χ0n) is 16.3. The number of rotatable bonds is 1. The predicted octanol–water partition coefficient (Wildman–Crippen LogP) is 7.85. The molecule has 1 aromatic heterocycles. The summed E-state index contributed by atoms with van der Waals surface area (Å²) in [6, 6.07) is 35.7. The van der Waals surface area contributed by atoms with Crippen molar-refractivity contribution in [3.05, 3.63) is 113 Å². The maximum absolute atomic E-state index is 3.92. The summed E-state index contributed by atoms with van der Waals surface area (Å²) in [5, 5.41) is 5.30. The Morgan fingerprint density at radius 3 is 2.40 bits per heavy atom. The quantitative estimate of drug-likeness (QED) is 0.301. The van der Waals surface area contributed by atoms with Crippen LogP contribution in [0, 0.1) is 0 Å². The van der Waals surface area contributed by atoms with Crippen LogP contribution in [0.25, 0.3) is 32.3 Å². The number of thiophene rings is 1. The Bertz CT molecular complexity index is 1430. The number of hydrogen-bond acceptors (Lipinski definition) is 2. The molecule has 0 amide bonds. The smallest absolute Gasteiger partial charge is 0.0723 e. The summed E-state index contributed by atoms with van der Waals surface area (Å²) in [6.45, 7) is 0. The predicted molar refractivity (Wildman–Crippen MR) is 127 cm³/mol. The van der Waals surface area contributed by atoms with Crippen molar-refractivity contribution in [1.82, 2.24) is 0 Å². The molecule has 4 aromatic carbocycles. The Morgan fingerprint density at radius 2 is 1.47 bits per heavy atom. The van der Waals surface area contributed by atoms with Crippen LogP contribution in [-0.4, -0.2) is 0 Å². The summed E-state index contributed by atoms with van der Waals surface area (Å²) in [7, 11) is 0. The normalized spacial score (nSPS) is 18.3. The van der Waals surface area contributed by atoms with Gasteiger partial charge in [-0.15, -0.1) is 11.3 Å². The largest absolute Gasteiger partial charge is 0.376 e. The molecule has 7 rings (SSSR count).